The van der Waals surface area contributed by atoms with Crippen LogP contribution in [0.25, 0.3) is 0 Å². The molecule has 0 bridgehead atoms. The lowest BCUT2D eigenvalue weighted by Crippen LogP contribution is -2.25. The summed E-state index contributed by atoms with van der Waals surface area (Å²) in [5.41, 5.74) is 3.89. The monoisotopic (exact) mass is 295 g/mol. The highest BCUT2D eigenvalue weighted by atomic mass is 16.5. The van der Waals surface area contributed by atoms with Crippen LogP contribution in [0.3, 0.4) is 0 Å². The fraction of sp³-hybridized carbons (Fsp3) is 0.824. The van der Waals surface area contributed by atoms with Gasteiger partial charge in [0, 0.05) is 37.5 Å². The van der Waals surface area contributed by atoms with Gasteiger partial charge in [0.15, 0.2) is 0 Å². The molecule has 0 aliphatic heterocycles. The Morgan fingerprint density at radius 3 is 2.38 bits per heavy atom. The van der Waals surface area contributed by atoms with Gasteiger partial charge in [0.25, 0.3) is 0 Å². The number of methoxy groups -OCH3 is 1. The molecule has 0 aliphatic rings. The number of hydrogen-bond acceptors (Lipinski definition) is 3. The first kappa shape index (κ1) is 18.2. The minimum Gasteiger partial charge on any atom is -0.379 e. The average molecular weight is 295 g/mol. The van der Waals surface area contributed by atoms with Crippen molar-refractivity contribution in [2.45, 2.75) is 85.5 Å². The largest absolute Gasteiger partial charge is 0.379 e. The van der Waals surface area contributed by atoms with Crippen molar-refractivity contribution in [3.8, 4) is 0 Å². The third-order valence-corrected chi connectivity index (χ3v) is 4.08. The third kappa shape index (κ3) is 5.11. The molecule has 0 radical (unpaired) electrons. The van der Waals surface area contributed by atoms with Gasteiger partial charge in [0.1, 0.15) is 0 Å². The minimum atomic E-state index is -0.0975. The Balaban J connectivity index is 2.94. The van der Waals surface area contributed by atoms with Crippen LogP contribution in [0.1, 0.15) is 64.9 Å². The second-order valence-corrected chi connectivity index (χ2v) is 6.55. The van der Waals surface area contributed by atoms with Crippen LogP contribution >= 0.6 is 0 Å². The molecule has 1 heterocycles. The van der Waals surface area contributed by atoms with E-state index in [-0.39, 0.29) is 5.60 Å². The van der Waals surface area contributed by atoms with Crippen LogP contribution in [0.2, 0.25) is 0 Å². The van der Waals surface area contributed by atoms with E-state index < -0.39 is 0 Å². The summed E-state index contributed by atoms with van der Waals surface area (Å²) in [6.45, 7) is 14.9. The number of aromatic nitrogens is 2. The van der Waals surface area contributed by atoms with E-state index in [1.54, 1.807) is 7.11 Å². The van der Waals surface area contributed by atoms with E-state index in [4.69, 9.17) is 9.84 Å². The van der Waals surface area contributed by atoms with Crippen molar-refractivity contribution >= 4 is 0 Å². The van der Waals surface area contributed by atoms with Crippen LogP contribution in [-0.4, -0.2) is 28.5 Å². The second kappa shape index (κ2) is 7.95. The maximum atomic E-state index is 5.52. The molecule has 0 spiro atoms. The molecule has 0 fully saturated rings. The summed E-state index contributed by atoms with van der Waals surface area (Å²) >= 11 is 0. The lowest BCUT2D eigenvalue weighted by atomic mass is 10.1. The number of nitrogens with zero attached hydrogens (tertiary/aromatic N) is 2. The normalized spacial score (nSPS) is 12.4. The third-order valence-electron chi connectivity index (χ3n) is 4.08. The molecule has 0 saturated carbocycles. The van der Waals surface area contributed by atoms with E-state index in [0.29, 0.717) is 6.04 Å². The van der Waals surface area contributed by atoms with Crippen LogP contribution in [-0.2, 0) is 30.7 Å². The van der Waals surface area contributed by atoms with E-state index in [0.717, 1.165) is 32.4 Å². The van der Waals surface area contributed by atoms with Crippen molar-refractivity contribution in [2.24, 2.45) is 0 Å². The lowest BCUT2D eigenvalue weighted by molar-refractivity contribution is 0.0111. The molecule has 21 heavy (non-hydrogen) atoms. The molecule has 4 nitrogen and oxygen atoms in total. The number of ether oxygens (including phenoxy) is 1. The summed E-state index contributed by atoms with van der Waals surface area (Å²) < 4.78 is 7.71. The Kier molecular flexibility index (Phi) is 6.88. The Hall–Kier alpha value is -0.870. The van der Waals surface area contributed by atoms with Crippen LogP contribution < -0.4 is 5.32 Å². The van der Waals surface area contributed by atoms with Crippen LogP contribution in [0, 0.1) is 0 Å². The molecule has 0 atom stereocenters. The highest BCUT2D eigenvalue weighted by Crippen LogP contribution is 2.20. The van der Waals surface area contributed by atoms with Crippen LogP contribution in [0.15, 0.2) is 0 Å². The Labute approximate surface area is 130 Å². The van der Waals surface area contributed by atoms with Gasteiger partial charge in [-0.2, -0.15) is 5.10 Å². The molecule has 1 rings (SSSR count). The van der Waals surface area contributed by atoms with Gasteiger partial charge in [-0.1, -0.05) is 27.7 Å². The summed E-state index contributed by atoms with van der Waals surface area (Å²) in [7, 11) is 1.78. The zero-order chi connectivity index (χ0) is 16.0. The fourth-order valence-corrected chi connectivity index (χ4v) is 2.44. The van der Waals surface area contributed by atoms with Gasteiger partial charge in [0.05, 0.1) is 11.3 Å². The zero-order valence-corrected chi connectivity index (χ0v) is 14.9. The van der Waals surface area contributed by atoms with E-state index >= 15 is 0 Å². The first-order valence-corrected chi connectivity index (χ1v) is 8.20. The summed E-state index contributed by atoms with van der Waals surface area (Å²) in [5, 5.41) is 8.37. The zero-order valence-electron chi connectivity index (χ0n) is 14.9. The molecule has 0 aliphatic carbocycles. The van der Waals surface area contributed by atoms with Gasteiger partial charge < -0.3 is 10.1 Å². The molecular formula is C17H33N3O. The van der Waals surface area contributed by atoms with Gasteiger partial charge in [-0.05, 0) is 33.1 Å². The number of aryl methyl sites for hydroxylation is 2. The first-order valence-electron chi connectivity index (χ1n) is 8.20. The van der Waals surface area contributed by atoms with Crippen molar-refractivity contribution in [1.82, 2.24) is 15.1 Å². The maximum absolute atomic E-state index is 5.52. The van der Waals surface area contributed by atoms with Crippen molar-refractivity contribution < 1.29 is 4.74 Å². The fourth-order valence-electron chi connectivity index (χ4n) is 2.44. The first-order chi connectivity index (χ1) is 9.84. The number of nitrogens with one attached hydrogen (secondary N) is 1. The van der Waals surface area contributed by atoms with Crippen molar-refractivity contribution in [1.29, 1.82) is 0 Å². The van der Waals surface area contributed by atoms with Gasteiger partial charge in [-0.15, -0.1) is 0 Å². The van der Waals surface area contributed by atoms with Crippen molar-refractivity contribution in [3.05, 3.63) is 17.0 Å². The summed E-state index contributed by atoms with van der Waals surface area (Å²) in [6.07, 6.45) is 2.98. The molecule has 1 aromatic rings. The molecule has 0 aromatic carbocycles. The van der Waals surface area contributed by atoms with E-state index in [9.17, 15) is 0 Å². The quantitative estimate of drug-likeness (QED) is 0.759. The standard InChI is InChI=1S/C17H33N3O/c1-8-15-14(12-18-13(3)4)16(9-2)20(19-15)11-10-17(5,6)21-7/h13,18H,8-12H2,1-7H3. The maximum Gasteiger partial charge on any atom is 0.0669 e. The second-order valence-electron chi connectivity index (χ2n) is 6.55. The van der Waals surface area contributed by atoms with Gasteiger partial charge in [-0.3, -0.25) is 4.68 Å². The number of hydrogen-bond donors (Lipinski definition) is 1. The highest BCUT2D eigenvalue weighted by Gasteiger charge is 2.20. The van der Waals surface area contributed by atoms with Gasteiger partial charge in [-0.25, -0.2) is 0 Å². The Morgan fingerprint density at radius 1 is 1.24 bits per heavy atom. The lowest BCUT2D eigenvalue weighted by Gasteiger charge is -2.23. The van der Waals surface area contributed by atoms with Crippen LogP contribution in [0.4, 0.5) is 0 Å². The Morgan fingerprint density at radius 2 is 1.90 bits per heavy atom. The van der Waals surface area contributed by atoms with E-state index in [1.807, 2.05) is 0 Å². The van der Waals surface area contributed by atoms with Gasteiger partial charge >= 0.3 is 0 Å². The molecule has 0 saturated heterocycles. The highest BCUT2D eigenvalue weighted by molar-refractivity contribution is 5.27. The van der Waals surface area contributed by atoms with Gasteiger partial charge in [0.2, 0.25) is 0 Å². The average Bonchev–Trinajstić information content (AvgIpc) is 2.79. The predicted octanol–water partition coefficient (Wildman–Crippen LogP) is 3.32. The molecule has 4 heteroatoms. The minimum absolute atomic E-state index is 0.0975. The molecule has 1 aromatic heterocycles. The smallest absolute Gasteiger partial charge is 0.0669 e. The summed E-state index contributed by atoms with van der Waals surface area (Å²) in [6, 6.07) is 0.496. The Bertz CT molecular complexity index is 435. The molecule has 0 unspecified atom stereocenters. The SMILES string of the molecule is CCc1nn(CCC(C)(C)OC)c(CC)c1CNC(C)C. The van der Waals surface area contributed by atoms with Crippen molar-refractivity contribution in [2.75, 3.05) is 7.11 Å². The van der Waals surface area contributed by atoms with Crippen LogP contribution in [0.5, 0.6) is 0 Å². The molecular weight excluding hydrogens is 262 g/mol. The topological polar surface area (TPSA) is 39.1 Å². The van der Waals surface area contributed by atoms with E-state index in [2.05, 4.69) is 51.5 Å². The predicted molar refractivity (Wildman–Crippen MR) is 88.7 cm³/mol. The van der Waals surface area contributed by atoms with E-state index in [1.165, 1.54) is 17.0 Å². The molecule has 0 amide bonds. The molecule has 122 valence electrons. The summed E-state index contributed by atoms with van der Waals surface area (Å²) in [4.78, 5) is 0. The summed E-state index contributed by atoms with van der Waals surface area (Å²) in [5.74, 6) is 0. The number of rotatable bonds is 9. The molecule has 1 N–H and O–H groups in total. The van der Waals surface area contributed by atoms with Crippen molar-refractivity contribution in [3.63, 3.8) is 0 Å².